The van der Waals surface area contributed by atoms with Crippen molar-refractivity contribution in [3.63, 3.8) is 0 Å². The molecule has 1 aromatic rings. The van der Waals surface area contributed by atoms with E-state index in [0.717, 1.165) is 37.6 Å². The maximum Gasteiger partial charge on any atom is 0.239 e. The van der Waals surface area contributed by atoms with E-state index >= 15 is 0 Å². The number of carbonyl (C=O) groups excluding carboxylic acids is 1. The fourth-order valence-electron chi connectivity index (χ4n) is 2.49. The molecule has 1 amide bonds. The maximum absolute atomic E-state index is 12.2. The van der Waals surface area contributed by atoms with E-state index in [4.69, 9.17) is 10.5 Å². The van der Waals surface area contributed by atoms with Crippen LogP contribution in [-0.4, -0.2) is 50.1 Å². The number of benzene rings is 1. The molecule has 1 aliphatic rings. The van der Waals surface area contributed by atoms with Crippen molar-refractivity contribution in [2.75, 3.05) is 38.2 Å². The quantitative estimate of drug-likeness (QED) is 0.909. The van der Waals surface area contributed by atoms with Crippen molar-refractivity contribution in [3.8, 4) is 5.75 Å². The Balaban J connectivity index is 1.95. The summed E-state index contributed by atoms with van der Waals surface area (Å²) in [6.07, 6.45) is 0. The highest BCUT2D eigenvalue weighted by molar-refractivity contribution is 5.82. The van der Waals surface area contributed by atoms with Gasteiger partial charge in [0, 0.05) is 37.9 Å². The van der Waals surface area contributed by atoms with E-state index in [1.807, 2.05) is 36.9 Å². The molecule has 5 heteroatoms. The summed E-state index contributed by atoms with van der Waals surface area (Å²) in [4.78, 5) is 16.4. The summed E-state index contributed by atoms with van der Waals surface area (Å²) >= 11 is 0. The smallest absolute Gasteiger partial charge is 0.239 e. The van der Waals surface area contributed by atoms with Crippen molar-refractivity contribution < 1.29 is 9.53 Å². The normalized spacial score (nSPS) is 17.0. The first-order valence-corrected chi connectivity index (χ1v) is 7.46. The Morgan fingerprint density at radius 1 is 1.24 bits per heavy atom. The first-order valence-electron chi connectivity index (χ1n) is 7.46. The van der Waals surface area contributed by atoms with Gasteiger partial charge in [0.2, 0.25) is 5.91 Å². The third kappa shape index (κ3) is 3.67. The average Bonchev–Trinajstić information content (AvgIpc) is 2.53. The van der Waals surface area contributed by atoms with Crippen LogP contribution in [0.2, 0.25) is 0 Å². The molecule has 2 rings (SSSR count). The third-order valence-electron chi connectivity index (χ3n) is 4.01. The van der Waals surface area contributed by atoms with Crippen molar-refractivity contribution in [1.82, 2.24) is 4.90 Å². The van der Waals surface area contributed by atoms with Gasteiger partial charge in [-0.05, 0) is 18.1 Å². The first-order chi connectivity index (χ1) is 10.0. The maximum atomic E-state index is 12.2. The number of rotatable bonds is 4. The van der Waals surface area contributed by atoms with Crippen LogP contribution in [0.3, 0.4) is 0 Å². The molecule has 2 N–H and O–H groups in total. The van der Waals surface area contributed by atoms with Crippen LogP contribution in [-0.2, 0) is 4.79 Å². The Hall–Kier alpha value is -1.75. The van der Waals surface area contributed by atoms with Crippen LogP contribution in [0.4, 0.5) is 5.69 Å². The van der Waals surface area contributed by atoms with E-state index in [0.29, 0.717) is 0 Å². The topological polar surface area (TPSA) is 58.8 Å². The Morgan fingerprint density at radius 2 is 1.90 bits per heavy atom. The van der Waals surface area contributed by atoms with Crippen LogP contribution in [0.1, 0.15) is 13.8 Å². The van der Waals surface area contributed by atoms with Crippen molar-refractivity contribution >= 4 is 11.6 Å². The number of nitrogens with two attached hydrogens (primary N) is 1. The molecule has 0 unspecified atom stereocenters. The highest BCUT2D eigenvalue weighted by Gasteiger charge is 2.26. The van der Waals surface area contributed by atoms with E-state index in [-0.39, 0.29) is 11.8 Å². The molecule has 1 fully saturated rings. The third-order valence-corrected chi connectivity index (χ3v) is 4.01. The minimum absolute atomic E-state index is 0.0651. The second kappa shape index (κ2) is 6.80. The predicted molar refractivity (Wildman–Crippen MR) is 84.6 cm³/mol. The van der Waals surface area contributed by atoms with Crippen LogP contribution < -0.4 is 15.4 Å². The molecule has 1 atom stereocenters. The molecular weight excluding hydrogens is 266 g/mol. The van der Waals surface area contributed by atoms with Crippen molar-refractivity contribution in [3.05, 3.63) is 24.3 Å². The number of hydrogen-bond donors (Lipinski definition) is 1. The number of amides is 1. The van der Waals surface area contributed by atoms with Gasteiger partial charge in [-0.2, -0.15) is 0 Å². The molecule has 0 spiro atoms. The summed E-state index contributed by atoms with van der Waals surface area (Å²) in [6, 6.07) is 7.62. The van der Waals surface area contributed by atoms with Gasteiger partial charge in [-0.15, -0.1) is 0 Å². The van der Waals surface area contributed by atoms with Gasteiger partial charge in [-0.3, -0.25) is 4.79 Å². The molecule has 116 valence electrons. The number of nitrogens with zero attached hydrogens (tertiary/aromatic N) is 2. The van der Waals surface area contributed by atoms with E-state index in [9.17, 15) is 4.79 Å². The molecule has 1 aromatic carbocycles. The number of methoxy groups -OCH3 is 1. The van der Waals surface area contributed by atoms with Gasteiger partial charge in [-0.25, -0.2) is 0 Å². The summed E-state index contributed by atoms with van der Waals surface area (Å²) in [5.74, 6) is 1.09. The molecule has 0 saturated carbocycles. The zero-order valence-electron chi connectivity index (χ0n) is 13.1. The molecule has 0 radical (unpaired) electrons. The van der Waals surface area contributed by atoms with E-state index in [1.54, 1.807) is 7.11 Å². The van der Waals surface area contributed by atoms with E-state index in [2.05, 4.69) is 11.0 Å². The van der Waals surface area contributed by atoms with Gasteiger partial charge < -0.3 is 20.3 Å². The molecular formula is C16H25N3O2. The summed E-state index contributed by atoms with van der Waals surface area (Å²) in [6.45, 7) is 7.05. The van der Waals surface area contributed by atoms with Gasteiger partial charge in [0.05, 0.1) is 13.2 Å². The fourth-order valence-corrected chi connectivity index (χ4v) is 2.49. The number of carbonyl (C=O) groups is 1. The van der Waals surface area contributed by atoms with Gasteiger partial charge >= 0.3 is 0 Å². The van der Waals surface area contributed by atoms with Crippen molar-refractivity contribution in [2.45, 2.75) is 19.9 Å². The SMILES string of the molecule is COc1cccc(N2CCN(C(=O)[C@@H](N)C(C)C)CC2)c1. The van der Waals surface area contributed by atoms with Gasteiger partial charge in [0.25, 0.3) is 0 Å². The monoisotopic (exact) mass is 291 g/mol. The van der Waals surface area contributed by atoms with Crippen LogP contribution in [0.5, 0.6) is 5.75 Å². The molecule has 1 saturated heterocycles. The zero-order valence-corrected chi connectivity index (χ0v) is 13.1. The largest absolute Gasteiger partial charge is 0.497 e. The second-order valence-electron chi connectivity index (χ2n) is 5.78. The van der Waals surface area contributed by atoms with Gasteiger partial charge in [-0.1, -0.05) is 19.9 Å². The number of hydrogen-bond acceptors (Lipinski definition) is 4. The Bertz CT molecular complexity index is 482. The Labute approximate surface area is 126 Å². The Kier molecular flexibility index (Phi) is 5.07. The molecule has 5 nitrogen and oxygen atoms in total. The number of anilines is 1. The summed E-state index contributed by atoms with van der Waals surface area (Å²) in [5.41, 5.74) is 7.09. The molecule has 1 heterocycles. The van der Waals surface area contributed by atoms with E-state index in [1.165, 1.54) is 0 Å². The molecule has 0 aliphatic carbocycles. The minimum atomic E-state index is -0.395. The fraction of sp³-hybridized carbons (Fsp3) is 0.562. The summed E-state index contributed by atoms with van der Waals surface area (Å²) in [7, 11) is 1.67. The number of ether oxygens (including phenoxy) is 1. The van der Waals surface area contributed by atoms with Crippen LogP contribution in [0.15, 0.2) is 24.3 Å². The Morgan fingerprint density at radius 3 is 2.48 bits per heavy atom. The molecule has 0 aromatic heterocycles. The van der Waals surface area contributed by atoms with Crippen LogP contribution >= 0.6 is 0 Å². The standard InChI is InChI=1S/C16H25N3O2/c1-12(2)15(17)16(20)19-9-7-18(8-10-19)13-5-4-6-14(11-13)21-3/h4-6,11-12,15H,7-10,17H2,1-3H3/t15-/m0/s1. The lowest BCUT2D eigenvalue weighted by Crippen LogP contribution is -2.54. The lowest BCUT2D eigenvalue weighted by atomic mass is 10.0. The van der Waals surface area contributed by atoms with Crippen LogP contribution in [0, 0.1) is 5.92 Å². The zero-order chi connectivity index (χ0) is 15.4. The van der Waals surface area contributed by atoms with Gasteiger partial charge in [0.1, 0.15) is 5.75 Å². The molecule has 0 bridgehead atoms. The number of piperazine rings is 1. The molecule has 1 aliphatic heterocycles. The minimum Gasteiger partial charge on any atom is -0.497 e. The second-order valence-corrected chi connectivity index (χ2v) is 5.78. The first kappa shape index (κ1) is 15.6. The highest BCUT2D eigenvalue weighted by Crippen LogP contribution is 2.22. The van der Waals surface area contributed by atoms with Gasteiger partial charge in [0.15, 0.2) is 0 Å². The summed E-state index contributed by atoms with van der Waals surface area (Å²) < 4.78 is 5.26. The lowest BCUT2D eigenvalue weighted by molar-refractivity contribution is -0.133. The van der Waals surface area contributed by atoms with Crippen molar-refractivity contribution in [2.24, 2.45) is 11.7 Å². The summed E-state index contributed by atoms with van der Waals surface area (Å²) in [5, 5.41) is 0. The molecule has 21 heavy (non-hydrogen) atoms. The van der Waals surface area contributed by atoms with E-state index < -0.39 is 6.04 Å². The average molecular weight is 291 g/mol. The highest BCUT2D eigenvalue weighted by atomic mass is 16.5. The van der Waals surface area contributed by atoms with Crippen LogP contribution in [0.25, 0.3) is 0 Å². The lowest BCUT2D eigenvalue weighted by Gasteiger charge is -2.37. The van der Waals surface area contributed by atoms with Crippen molar-refractivity contribution in [1.29, 1.82) is 0 Å². The predicted octanol–water partition coefficient (Wildman–Crippen LogP) is 1.33.